The van der Waals surface area contributed by atoms with Crippen LogP contribution in [0.25, 0.3) is 11.4 Å². The van der Waals surface area contributed by atoms with Crippen molar-refractivity contribution in [2.75, 3.05) is 5.32 Å². The van der Waals surface area contributed by atoms with Crippen molar-refractivity contribution in [1.82, 2.24) is 20.5 Å². The van der Waals surface area contributed by atoms with E-state index in [9.17, 15) is 4.79 Å². The number of hydrogen-bond acceptors (Lipinski definition) is 3. The minimum absolute atomic E-state index is 0.240. The van der Waals surface area contributed by atoms with E-state index in [4.69, 9.17) is 0 Å². The zero-order valence-corrected chi connectivity index (χ0v) is 12.7. The smallest absolute Gasteiger partial charge is 0.319 e. The number of amides is 2. The van der Waals surface area contributed by atoms with E-state index < -0.39 is 0 Å². The van der Waals surface area contributed by atoms with Crippen LogP contribution in [0.2, 0.25) is 0 Å². The number of hydrogen-bond donors (Lipinski definition) is 3. The highest BCUT2D eigenvalue weighted by Crippen LogP contribution is 2.16. The molecule has 6 nitrogen and oxygen atoms in total. The second-order valence-electron chi connectivity index (χ2n) is 5.12. The van der Waals surface area contributed by atoms with Crippen LogP contribution >= 0.6 is 0 Å². The number of nitrogens with one attached hydrogen (secondary N) is 3. The second kappa shape index (κ2) is 6.74. The van der Waals surface area contributed by atoms with E-state index in [1.807, 2.05) is 61.5 Å². The molecule has 1 heterocycles. The first kappa shape index (κ1) is 14.8. The lowest BCUT2D eigenvalue weighted by Gasteiger charge is -2.08. The summed E-state index contributed by atoms with van der Waals surface area (Å²) in [7, 11) is 0. The van der Waals surface area contributed by atoms with Gasteiger partial charge in [-0.1, -0.05) is 36.4 Å². The van der Waals surface area contributed by atoms with Gasteiger partial charge >= 0.3 is 6.03 Å². The van der Waals surface area contributed by atoms with Gasteiger partial charge in [0, 0.05) is 17.8 Å². The van der Waals surface area contributed by atoms with Gasteiger partial charge in [-0.2, -0.15) is 5.10 Å². The van der Waals surface area contributed by atoms with Crippen molar-refractivity contribution in [3.05, 3.63) is 66.0 Å². The molecule has 0 fully saturated rings. The van der Waals surface area contributed by atoms with E-state index in [-0.39, 0.29) is 6.03 Å². The Hall–Kier alpha value is -3.15. The van der Waals surface area contributed by atoms with Gasteiger partial charge in [-0.05, 0) is 30.7 Å². The molecule has 23 heavy (non-hydrogen) atoms. The molecule has 0 radical (unpaired) electrons. The predicted octanol–water partition coefficient (Wildman–Crippen LogP) is 3.10. The molecule has 3 rings (SSSR count). The molecule has 3 aromatic rings. The summed E-state index contributed by atoms with van der Waals surface area (Å²) < 4.78 is 0. The lowest BCUT2D eigenvalue weighted by molar-refractivity contribution is 0.251. The number of H-pyrrole nitrogens is 1. The van der Waals surface area contributed by atoms with Crippen LogP contribution < -0.4 is 10.6 Å². The standard InChI is InChI=1S/C17H17N5O/c1-12-19-16(22-21-12)14-7-5-6-13(10-14)11-18-17(23)20-15-8-3-2-4-9-15/h2-10H,11H2,1H3,(H2,18,20,23)(H,19,21,22). The number of aromatic amines is 1. The Balaban J connectivity index is 1.61. The lowest BCUT2D eigenvalue weighted by atomic mass is 10.1. The average Bonchev–Trinajstić information content (AvgIpc) is 3.01. The number of rotatable bonds is 4. The third-order valence-corrected chi connectivity index (χ3v) is 3.27. The molecule has 2 amide bonds. The summed E-state index contributed by atoms with van der Waals surface area (Å²) in [6.07, 6.45) is 0. The van der Waals surface area contributed by atoms with Crippen molar-refractivity contribution in [2.45, 2.75) is 13.5 Å². The van der Waals surface area contributed by atoms with E-state index >= 15 is 0 Å². The Kier molecular flexibility index (Phi) is 4.33. The molecule has 0 unspecified atom stereocenters. The first-order valence-corrected chi connectivity index (χ1v) is 7.29. The maximum atomic E-state index is 11.9. The third-order valence-electron chi connectivity index (χ3n) is 3.27. The Morgan fingerprint density at radius 3 is 2.70 bits per heavy atom. The fourth-order valence-electron chi connectivity index (χ4n) is 2.17. The molecule has 6 heteroatoms. The Bertz CT molecular complexity index is 798. The summed E-state index contributed by atoms with van der Waals surface area (Å²) in [5, 5.41) is 12.6. The number of benzene rings is 2. The number of carbonyl (C=O) groups excluding carboxylic acids is 1. The molecule has 0 spiro atoms. The largest absolute Gasteiger partial charge is 0.334 e. The van der Waals surface area contributed by atoms with Gasteiger partial charge < -0.3 is 10.6 Å². The molecular weight excluding hydrogens is 290 g/mol. The Labute approximate surface area is 134 Å². The van der Waals surface area contributed by atoms with Crippen molar-refractivity contribution in [2.24, 2.45) is 0 Å². The minimum Gasteiger partial charge on any atom is -0.334 e. The third kappa shape index (κ3) is 3.94. The van der Waals surface area contributed by atoms with Crippen LogP contribution in [0.3, 0.4) is 0 Å². The number of urea groups is 1. The number of aromatic nitrogens is 3. The normalized spacial score (nSPS) is 10.3. The van der Waals surface area contributed by atoms with Crippen molar-refractivity contribution in [1.29, 1.82) is 0 Å². The maximum Gasteiger partial charge on any atom is 0.319 e. The highest BCUT2D eigenvalue weighted by atomic mass is 16.2. The van der Waals surface area contributed by atoms with E-state index in [0.29, 0.717) is 12.4 Å². The SMILES string of the molecule is Cc1nc(-c2cccc(CNC(=O)Nc3ccccc3)c2)n[nH]1. The Morgan fingerprint density at radius 2 is 1.96 bits per heavy atom. The first-order chi connectivity index (χ1) is 11.2. The van der Waals surface area contributed by atoms with E-state index in [1.54, 1.807) is 0 Å². The van der Waals surface area contributed by atoms with Crippen molar-refractivity contribution >= 4 is 11.7 Å². The zero-order chi connectivity index (χ0) is 16.1. The molecule has 0 aliphatic rings. The van der Waals surface area contributed by atoms with Gasteiger partial charge in [0.25, 0.3) is 0 Å². The summed E-state index contributed by atoms with van der Waals surface area (Å²) in [5.74, 6) is 1.42. The van der Waals surface area contributed by atoms with E-state index in [0.717, 1.165) is 22.6 Å². The van der Waals surface area contributed by atoms with Crippen LogP contribution in [-0.2, 0) is 6.54 Å². The molecule has 0 atom stereocenters. The fourth-order valence-corrected chi connectivity index (χ4v) is 2.17. The highest BCUT2D eigenvalue weighted by Gasteiger charge is 2.06. The van der Waals surface area contributed by atoms with E-state index in [2.05, 4.69) is 25.8 Å². The molecule has 2 aromatic carbocycles. The van der Waals surface area contributed by atoms with Gasteiger partial charge in [-0.15, -0.1) is 0 Å². The number of aryl methyl sites for hydroxylation is 1. The monoisotopic (exact) mass is 307 g/mol. The molecule has 0 aliphatic carbocycles. The van der Waals surface area contributed by atoms with Gasteiger partial charge in [0.2, 0.25) is 0 Å². The molecule has 0 saturated heterocycles. The van der Waals surface area contributed by atoms with Crippen LogP contribution in [0.15, 0.2) is 54.6 Å². The first-order valence-electron chi connectivity index (χ1n) is 7.29. The van der Waals surface area contributed by atoms with Gasteiger partial charge in [0.05, 0.1) is 0 Å². The van der Waals surface area contributed by atoms with Gasteiger partial charge in [0.1, 0.15) is 5.82 Å². The molecule has 0 bridgehead atoms. The second-order valence-corrected chi connectivity index (χ2v) is 5.12. The number of anilines is 1. The Morgan fingerprint density at radius 1 is 1.13 bits per heavy atom. The fraction of sp³-hybridized carbons (Fsp3) is 0.118. The van der Waals surface area contributed by atoms with Crippen LogP contribution in [0, 0.1) is 6.92 Å². The van der Waals surface area contributed by atoms with Crippen molar-refractivity contribution in [3.63, 3.8) is 0 Å². The summed E-state index contributed by atoms with van der Waals surface area (Å²) in [6, 6.07) is 16.9. The van der Waals surface area contributed by atoms with Crippen LogP contribution in [0.5, 0.6) is 0 Å². The van der Waals surface area contributed by atoms with Gasteiger partial charge in [-0.3, -0.25) is 5.10 Å². The molecule has 1 aromatic heterocycles. The lowest BCUT2D eigenvalue weighted by Crippen LogP contribution is -2.28. The van der Waals surface area contributed by atoms with Gasteiger partial charge in [0.15, 0.2) is 5.82 Å². The van der Waals surface area contributed by atoms with Crippen molar-refractivity contribution < 1.29 is 4.79 Å². The number of nitrogens with zero attached hydrogens (tertiary/aromatic N) is 2. The quantitative estimate of drug-likeness (QED) is 0.692. The zero-order valence-electron chi connectivity index (χ0n) is 12.7. The molecule has 116 valence electrons. The van der Waals surface area contributed by atoms with Crippen molar-refractivity contribution in [3.8, 4) is 11.4 Å². The van der Waals surface area contributed by atoms with Gasteiger partial charge in [-0.25, -0.2) is 9.78 Å². The summed E-state index contributed by atoms with van der Waals surface area (Å²) in [4.78, 5) is 16.2. The summed E-state index contributed by atoms with van der Waals surface area (Å²) in [5.41, 5.74) is 2.65. The predicted molar refractivity (Wildman–Crippen MR) is 88.9 cm³/mol. The molecular formula is C17H17N5O. The molecule has 3 N–H and O–H groups in total. The number of carbonyl (C=O) groups is 1. The average molecular weight is 307 g/mol. The topological polar surface area (TPSA) is 82.7 Å². The minimum atomic E-state index is -0.240. The van der Waals surface area contributed by atoms with E-state index in [1.165, 1.54) is 0 Å². The summed E-state index contributed by atoms with van der Waals surface area (Å²) >= 11 is 0. The van der Waals surface area contributed by atoms with Crippen LogP contribution in [-0.4, -0.2) is 21.2 Å². The van der Waals surface area contributed by atoms with Crippen LogP contribution in [0.1, 0.15) is 11.4 Å². The summed E-state index contributed by atoms with van der Waals surface area (Å²) in [6.45, 7) is 2.28. The molecule has 0 saturated carbocycles. The van der Waals surface area contributed by atoms with Crippen LogP contribution in [0.4, 0.5) is 10.5 Å². The number of para-hydroxylation sites is 1. The molecule has 0 aliphatic heterocycles. The maximum absolute atomic E-state index is 11.9. The highest BCUT2D eigenvalue weighted by molar-refractivity contribution is 5.89.